The lowest BCUT2D eigenvalue weighted by atomic mass is 9.90. The minimum atomic E-state index is 0.422. The molecule has 1 unspecified atom stereocenters. The van der Waals surface area contributed by atoms with Crippen molar-refractivity contribution in [1.29, 1.82) is 0 Å². The molecular formula is C11H17BrS. The number of alkyl halides is 1. The van der Waals surface area contributed by atoms with Crippen LogP contribution in [0.1, 0.15) is 32.1 Å². The molecule has 0 fully saturated rings. The first-order chi connectivity index (χ1) is 5.97. The Kier molecular flexibility index (Phi) is 3.99. The molecule has 1 atom stereocenters. The zero-order valence-corrected chi connectivity index (χ0v) is 10.9. The van der Waals surface area contributed by atoms with E-state index in [0.717, 1.165) is 6.42 Å². The lowest BCUT2D eigenvalue weighted by Gasteiger charge is -2.21. The van der Waals surface area contributed by atoms with Crippen molar-refractivity contribution in [3.8, 4) is 0 Å². The Balaban J connectivity index is 2.38. The van der Waals surface area contributed by atoms with E-state index < -0.39 is 0 Å². The Morgan fingerprint density at radius 3 is 2.62 bits per heavy atom. The van der Waals surface area contributed by atoms with Crippen molar-refractivity contribution in [2.45, 2.75) is 38.4 Å². The molecule has 0 saturated heterocycles. The van der Waals surface area contributed by atoms with E-state index in [9.17, 15) is 0 Å². The van der Waals surface area contributed by atoms with Gasteiger partial charge in [-0.3, -0.25) is 0 Å². The molecular weight excluding hydrogens is 244 g/mol. The van der Waals surface area contributed by atoms with Gasteiger partial charge in [-0.2, -0.15) is 0 Å². The summed E-state index contributed by atoms with van der Waals surface area (Å²) in [5.41, 5.74) is 0.422. The summed E-state index contributed by atoms with van der Waals surface area (Å²) in [7, 11) is 0. The topological polar surface area (TPSA) is 0 Å². The Labute approximate surface area is 93.5 Å². The summed E-state index contributed by atoms with van der Waals surface area (Å²) in [4.78, 5) is 2.09. The Morgan fingerprint density at radius 2 is 2.15 bits per heavy atom. The third kappa shape index (κ3) is 4.82. The first kappa shape index (κ1) is 11.3. The molecule has 2 heteroatoms. The average Bonchev–Trinajstić information content (AvgIpc) is 2.34. The van der Waals surface area contributed by atoms with E-state index in [1.807, 2.05) is 11.3 Å². The molecule has 1 rings (SSSR count). The van der Waals surface area contributed by atoms with Crippen LogP contribution in [0.3, 0.4) is 0 Å². The predicted molar refractivity (Wildman–Crippen MR) is 64.8 cm³/mol. The van der Waals surface area contributed by atoms with E-state index in [1.54, 1.807) is 0 Å². The molecule has 0 aliphatic heterocycles. The summed E-state index contributed by atoms with van der Waals surface area (Å²) < 4.78 is 0. The monoisotopic (exact) mass is 260 g/mol. The van der Waals surface area contributed by atoms with Gasteiger partial charge in [0.2, 0.25) is 0 Å². The fraction of sp³-hybridized carbons (Fsp3) is 0.636. The van der Waals surface area contributed by atoms with Crippen LogP contribution in [0.2, 0.25) is 0 Å². The van der Waals surface area contributed by atoms with Crippen LogP contribution in [-0.4, -0.2) is 4.83 Å². The van der Waals surface area contributed by atoms with Crippen molar-refractivity contribution in [2.75, 3.05) is 0 Å². The maximum absolute atomic E-state index is 3.74. The maximum atomic E-state index is 3.74. The largest absolute Gasteiger partial charge is 0.149 e. The quantitative estimate of drug-likeness (QED) is 0.703. The second-order valence-corrected chi connectivity index (χ2v) is 6.97. The third-order valence-electron chi connectivity index (χ3n) is 1.84. The van der Waals surface area contributed by atoms with Crippen LogP contribution in [0.5, 0.6) is 0 Å². The highest BCUT2D eigenvalue weighted by Crippen LogP contribution is 2.27. The lowest BCUT2D eigenvalue weighted by Crippen LogP contribution is -2.14. The first-order valence-corrected chi connectivity index (χ1v) is 6.43. The van der Waals surface area contributed by atoms with Crippen molar-refractivity contribution in [1.82, 2.24) is 0 Å². The van der Waals surface area contributed by atoms with Crippen molar-refractivity contribution >= 4 is 27.3 Å². The van der Waals surface area contributed by atoms with Crippen LogP contribution in [0.25, 0.3) is 0 Å². The van der Waals surface area contributed by atoms with Crippen LogP contribution in [-0.2, 0) is 6.42 Å². The maximum Gasteiger partial charge on any atom is 0.0199 e. The van der Waals surface area contributed by atoms with E-state index in [4.69, 9.17) is 0 Å². The zero-order valence-electron chi connectivity index (χ0n) is 8.51. The number of hydrogen-bond acceptors (Lipinski definition) is 1. The van der Waals surface area contributed by atoms with Gasteiger partial charge in [-0.25, -0.2) is 0 Å². The fourth-order valence-electron chi connectivity index (χ4n) is 1.38. The molecule has 74 valence electrons. The van der Waals surface area contributed by atoms with E-state index in [2.05, 4.69) is 54.2 Å². The van der Waals surface area contributed by atoms with Crippen LogP contribution >= 0.6 is 27.3 Å². The molecule has 0 aliphatic carbocycles. The summed E-state index contributed by atoms with van der Waals surface area (Å²) in [6, 6.07) is 4.33. The molecule has 13 heavy (non-hydrogen) atoms. The van der Waals surface area contributed by atoms with Gasteiger partial charge in [-0.1, -0.05) is 42.8 Å². The standard InChI is InChI=1S/C11H17BrS/c1-11(2,3)8-9(12)7-10-5-4-6-13-10/h4-6,9H,7-8H2,1-3H3. The highest BCUT2D eigenvalue weighted by atomic mass is 79.9. The second-order valence-electron chi connectivity index (χ2n) is 4.65. The SMILES string of the molecule is CC(C)(C)CC(Br)Cc1cccs1. The van der Waals surface area contributed by atoms with Crippen LogP contribution in [0.4, 0.5) is 0 Å². The van der Waals surface area contributed by atoms with Crippen LogP contribution in [0.15, 0.2) is 17.5 Å². The van der Waals surface area contributed by atoms with Gasteiger partial charge in [0.15, 0.2) is 0 Å². The lowest BCUT2D eigenvalue weighted by molar-refractivity contribution is 0.374. The third-order valence-corrected chi connectivity index (χ3v) is 3.38. The van der Waals surface area contributed by atoms with E-state index in [1.165, 1.54) is 11.3 Å². The smallest absolute Gasteiger partial charge is 0.0199 e. The summed E-state index contributed by atoms with van der Waals surface area (Å²) in [6.45, 7) is 6.86. The molecule has 0 saturated carbocycles. The minimum Gasteiger partial charge on any atom is -0.149 e. The van der Waals surface area contributed by atoms with Gasteiger partial charge in [-0.15, -0.1) is 11.3 Å². The van der Waals surface area contributed by atoms with E-state index in [-0.39, 0.29) is 0 Å². The molecule has 1 aromatic heterocycles. The minimum absolute atomic E-state index is 0.422. The average molecular weight is 261 g/mol. The van der Waals surface area contributed by atoms with Crippen molar-refractivity contribution in [3.05, 3.63) is 22.4 Å². The Hall–Kier alpha value is 0.180. The van der Waals surface area contributed by atoms with Gasteiger partial charge in [0.05, 0.1) is 0 Å². The summed E-state index contributed by atoms with van der Waals surface area (Å²) >= 11 is 5.59. The highest BCUT2D eigenvalue weighted by Gasteiger charge is 2.16. The van der Waals surface area contributed by atoms with Crippen LogP contribution in [0, 0.1) is 5.41 Å². The van der Waals surface area contributed by atoms with E-state index in [0.29, 0.717) is 10.2 Å². The Morgan fingerprint density at radius 1 is 1.46 bits per heavy atom. The predicted octanol–water partition coefficient (Wildman–Crippen LogP) is 4.49. The van der Waals surface area contributed by atoms with Gasteiger partial charge in [0.25, 0.3) is 0 Å². The number of rotatable bonds is 3. The summed E-state index contributed by atoms with van der Waals surface area (Å²) in [5.74, 6) is 0. The molecule has 0 aromatic carbocycles. The van der Waals surface area contributed by atoms with Crippen molar-refractivity contribution in [3.63, 3.8) is 0 Å². The first-order valence-electron chi connectivity index (χ1n) is 4.64. The van der Waals surface area contributed by atoms with Gasteiger partial charge in [0, 0.05) is 9.70 Å². The fourth-order valence-corrected chi connectivity index (χ4v) is 3.70. The normalized spacial score (nSPS) is 14.5. The molecule has 0 amide bonds. The molecule has 0 radical (unpaired) electrons. The number of thiophene rings is 1. The molecule has 1 aromatic rings. The zero-order chi connectivity index (χ0) is 9.90. The molecule has 0 spiro atoms. The van der Waals surface area contributed by atoms with Gasteiger partial charge < -0.3 is 0 Å². The van der Waals surface area contributed by atoms with Gasteiger partial charge in [0.1, 0.15) is 0 Å². The molecule has 0 nitrogen and oxygen atoms in total. The Bertz CT molecular complexity index is 233. The highest BCUT2D eigenvalue weighted by molar-refractivity contribution is 9.09. The van der Waals surface area contributed by atoms with Crippen LogP contribution < -0.4 is 0 Å². The molecule has 0 N–H and O–H groups in total. The second kappa shape index (κ2) is 4.61. The van der Waals surface area contributed by atoms with Gasteiger partial charge in [-0.05, 0) is 29.7 Å². The number of hydrogen-bond donors (Lipinski definition) is 0. The molecule has 0 bridgehead atoms. The van der Waals surface area contributed by atoms with Gasteiger partial charge >= 0.3 is 0 Å². The molecule has 0 aliphatic rings. The van der Waals surface area contributed by atoms with E-state index >= 15 is 0 Å². The summed E-state index contributed by atoms with van der Waals surface area (Å²) in [6.07, 6.45) is 2.39. The number of halogens is 1. The van der Waals surface area contributed by atoms with Crippen molar-refractivity contribution < 1.29 is 0 Å². The van der Waals surface area contributed by atoms with Crippen molar-refractivity contribution in [2.24, 2.45) is 5.41 Å². The molecule has 1 heterocycles. The summed E-state index contributed by atoms with van der Waals surface area (Å²) in [5, 5.41) is 2.14.